The van der Waals surface area contributed by atoms with E-state index in [1.165, 1.54) is 18.3 Å². The van der Waals surface area contributed by atoms with Crippen LogP contribution < -0.4 is 11.1 Å². The number of fused-ring (bicyclic) bond motifs is 1. The maximum absolute atomic E-state index is 15.1. The van der Waals surface area contributed by atoms with Gasteiger partial charge in [0.2, 0.25) is 0 Å². The summed E-state index contributed by atoms with van der Waals surface area (Å²) in [5, 5.41) is 8.66. The van der Waals surface area contributed by atoms with Crippen molar-refractivity contribution in [3.8, 4) is 0 Å². The van der Waals surface area contributed by atoms with Crippen molar-refractivity contribution in [3.63, 3.8) is 0 Å². The fourth-order valence-electron chi connectivity index (χ4n) is 4.38. The summed E-state index contributed by atoms with van der Waals surface area (Å²) < 4.78 is 45.2. The number of rotatable bonds is 7. The molecule has 1 aliphatic rings. The first-order chi connectivity index (χ1) is 16.3. The number of aromatic nitrogens is 1. The van der Waals surface area contributed by atoms with E-state index in [2.05, 4.69) is 15.4 Å². The Morgan fingerprint density at radius 2 is 1.85 bits per heavy atom. The van der Waals surface area contributed by atoms with Crippen molar-refractivity contribution in [2.75, 3.05) is 25.5 Å². The summed E-state index contributed by atoms with van der Waals surface area (Å²) in [6, 6.07) is 14.6. The molecule has 34 heavy (non-hydrogen) atoms. The molecule has 1 atom stereocenters. The summed E-state index contributed by atoms with van der Waals surface area (Å²) in [6.45, 7) is 0.429. The average Bonchev–Trinajstić information content (AvgIpc) is 2.84. The summed E-state index contributed by atoms with van der Waals surface area (Å²) in [5.41, 5.74) is 4.61. The molecule has 4 rings (SSSR count). The predicted molar refractivity (Wildman–Crippen MR) is 127 cm³/mol. The van der Waals surface area contributed by atoms with Crippen LogP contribution in [0.4, 0.5) is 18.9 Å². The van der Waals surface area contributed by atoms with Gasteiger partial charge in [0.1, 0.15) is 0 Å². The molecule has 0 radical (unpaired) electrons. The number of nitrogens with zero attached hydrogens (tertiary/aromatic N) is 3. The fraction of sp³-hybridized carbons (Fsp3) is 0.320. The van der Waals surface area contributed by atoms with Crippen LogP contribution in [0, 0.1) is 0 Å². The Morgan fingerprint density at radius 3 is 2.53 bits per heavy atom. The maximum Gasteiger partial charge on any atom is 0.407 e. The molecular weight excluding hydrogens is 443 g/mol. The number of nitrogens with two attached hydrogens (primary N) is 1. The predicted octanol–water partition coefficient (Wildman–Crippen LogP) is 4.45. The minimum absolute atomic E-state index is 0.0506. The van der Waals surface area contributed by atoms with Gasteiger partial charge in [-0.3, -0.25) is 9.78 Å². The number of carbonyl (C=O) groups excluding carboxylic acids is 1. The quantitative estimate of drug-likeness (QED) is 0.501. The van der Waals surface area contributed by atoms with Crippen LogP contribution in [-0.2, 0) is 10.2 Å². The average molecular weight is 470 g/mol. The first-order valence-electron chi connectivity index (χ1n) is 11.1. The number of benzene rings is 2. The minimum Gasteiger partial charge on any atom is -0.388 e. The highest BCUT2D eigenvalue weighted by atomic mass is 19.4. The van der Waals surface area contributed by atoms with Gasteiger partial charge >= 0.3 is 6.18 Å². The Labute approximate surface area is 195 Å². The molecule has 0 saturated heterocycles. The van der Waals surface area contributed by atoms with Crippen molar-refractivity contribution < 1.29 is 18.0 Å². The second-order valence-electron chi connectivity index (χ2n) is 8.25. The Kier molecular flexibility index (Phi) is 6.56. The van der Waals surface area contributed by atoms with Gasteiger partial charge in [-0.15, -0.1) is 0 Å². The Hall–Kier alpha value is -3.46. The van der Waals surface area contributed by atoms with Crippen molar-refractivity contribution in [3.05, 3.63) is 71.9 Å². The van der Waals surface area contributed by atoms with Crippen molar-refractivity contribution in [2.24, 2.45) is 10.8 Å². The van der Waals surface area contributed by atoms with Gasteiger partial charge in [0.05, 0.1) is 11.2 Å². The third-order valence-electron chi connectivity index (χ3n) is 6.19. The first-order valence-corrected chi connectivity index (χ1v) is 11.1. The lowest BCUT2D eigenvalue weighted by Crippen LogP contribution is -2.58. The smallest absolute Gasteiger partial charge is 0.388 e. The van der Waals surface area contributed by atoms with Gasteiger partial charge in [-0.05, 0) is 54.8 Å². The van der Waals surface area contributed by atoms with Crippen molar-refractivity contribution in [2.45, 2.75) is 30.9 Å². The Balaban J connectivity index is 1.92. The zero-order valence-electron chi connectivity index (χ0n) is 18.8. The molecule has 0 saturated carbocycles. The van der Waals surface area contributed by atoms with Crippen LogP contribution in [0.1, 0.15) is 30.4 Å². The maximum atomic E-state index is 15.1. The number of hydrogen-bond donors (Lipinski definition) is 2. The minimum atomic E-state index is -4.87. The largest absolute Gasteiger partial charge is 0.407 e. The van der Waals surface area contributed by atoms with Crippen LogP contribution in [0.2, 0.25) is 0 Å². The molecule has 3 N–H and O–H groups in total. The molecule has 6 nitrogen and oxygen atoms in total. The van der Waals surface area contributed by atoms with Crippen LogP contribution in [0.25, 0.3) is 10.9 Å². The molecule has 178 valence electrons. The number of hydrazone groups is 1. The van der Waals surface area contributed by atoms with Gasteiger partial charge in [0, 0.05) is 37.3 Å². The highest BCUT2D eigenvalue weighted by Gasteiger charge is 2.65. The molecule has 1 unspecified atom stereocenters. The molecule has 2 aromatic carbocycles. The van der Waals surface area contributed by atoms with E-state index >= 15 is 13.2 Å². The second-order valence-corrected chi connectivity index (χ2v) is 8.25. The second kappa shape index (κ2) is 9.42. The summed E-state index contributed by atoms with van der Waals surface area (Å²) in [5.74, 6) is -1.08. The molecule has 0 spiro atoms. The number of hydrogen-bond acceptors (Lipinski definition) is 5. The third kappa shape index (κ3) is 4.11. The van der Waals surface area contributed by atoms with Gasteiger partial charge < -0.3 is 11.1 Å². The topological polar surface area (TPSA) is 83.6 Å². The lowest BCUT2D eigenvalue weighted by Gasteiger charge is -2.41. The van der Waals surface area contributed by atoms with Crippen molar-refractivity contribution in [1.82, 2.24) is 9.99 Å². The van der Waals surface area contributed by atoms with E-state index in [-0.39, 0.29) is 17.8 Å². The van der Waals surface area contributed by atoms with Gasteiger partial charge in [0.25, 0.3) is 5.91 Å². The molecule has 0 fully saturated rings. The number of unbranched alkanes of at least 4 members (excludes halogenated alkanes) is 1. The number of nitrogens with one attached hydrogen (secondary N) is 1. The van der Waals surface area contributed by atoms with Gasteiger partial charge in [-0.2, -0.15) is 18.3 Å². The molecule has 2 heterocycles. The molecule has 0 aliphatic carbocycles. The summed E-state index contributed by atoms with van der Waals surface area (Å²) in [6.07, 6.45) is -2.93. The van der Waals surface area contributed by atoms with E-state index in [1.54, 1.807) is 49.5 Å². The van der Waals surface area contributed by atoms with Crippen LogP contribution in [0.15, 0.2) is 65.9 Å². The van der Waals surface area contributed by atoms with Gasteiger partial charge in [-0.1, -0.05) is 30.3 Å². The van der Waals surface area contributed by atoms with E-state index in [1.807, 2.05) is 0 Å². The van der Waals surface area contributed by atoms with E-state index in [4.69, 9.17) is 5.73 Å². The van der Waals surface area contributed by atoms with Crippen LogP contribution in [-0.4, -0.2) is 47.9 Å². The lowest BCUT2D eigenvalue weighted by atomic mass is 9.71. The van der Waals surface area contributed by atoms with E-state index in [9.17, 15) is 4.79 Å². The highest BCUT2D eigenvalue weighted by molar-refractivity contribution is 6.09. The molecule has 1 aromatic heterocycles. The zero-order chi connectivity index (χ0) is 24.3. The van der Waals surface area contributed by atoms with Gasteiger partial charge in [-0.25, -0.2) is 5.01 Å². The van der Waals surface area contributed by atoms with E-state index < -0.39 is 23.9 Å². The van der Waals surface area contributed by atoms with Crippen LogP contribution in [0.5, 0.6) is 0 Å². The first kappa shape index (κ1) is 23.7. The summed E-state index contributed by atoms with van der Waals surface area (Å²) in [7, 11) is 1.76. The standard InChI is InChI=1S/C25H26F3N5O/c1-30-18-11-9-17(10-12-18)22-16-24(25(26,27)28,23(34)33(32-22)15-3-2-13-29)20-7-4-8-21-19(20)6-5-14-31-21/h4-12,14,30H,2-3,13,15-16,29H2,1H3. The molecule has 9 heteroatoms. The normalized spacial score (nSPS) is 18.8. The van der Waals surface area contributed by atoms with Crippen LogP contribution in [0.3, 0.4) is 0 Å². The molecule has 0 bridgehead atoms. The van der Waals surface area contributed by atoms with Crippen molar-refractivity contribution >= 4 is 28.2 Å². The highest BCUT2D eigenvalue weighted by Crippen LogP contribution is 2.49. The number of pyridine rings is 1. The lowest BCUT2D eigenvalue weighted by molar-refractivity contribution is -0.201. The number of anilines is 1. The van der Waals surface area contributed by atoms with E-state index in [0.717, 1.165) is 10.7 Å². The van der Waals surface area contributed by atoms with Crippen molar-refractivity contribution in [1.29, 1.82) is 0 Å². The molecule has 3 aromatic rings. The Morgan fingerprint density at radius 1 is 1.09 bits per heavy atom. The SMILES string of the molecule is CNc1ccc(C2=NN(CCCCN)C(=O)C(c3cccc4ncccc34)(C(F)(F)F)C2)cc1. The monoisotopic (exact) mass is 469 g/mol. The fourth-order valence-corrected chi connectivity index (χ4v) is 4.38. The molecule has 1 aliphatic heterocycles. The van der Waals surface area contributed by atoms with Crippen LogP contribution >= 0.6 is 0 Å². The summed E-state index contributed by atoms with van der Waals surface area (Å²) in [4.78, 5) is 17.9. The van der Waals surface area contributed by atoms with Gasteiger partial charge in [0.15, 0.2) is 5.41 Å². The molecular formula is C25H26F3N5O. The molecule has 1 amide bonds. The number of carbonyl (C=O) groups is 1. The zero-order valence-corrected chi connectivity index (χ0v) is 18.8. The number of alkyl halides is 3. The Bertz CT molecular complexity index is 1200. The third-order valence-corrected chi connectivity index (χ3v) is 6.19. The number of amides is 1. The summed E-state index contributed by atoms with van der Waals surface area (Å²) >= 11 is 0. The number of halogens is 3. The van der Waals surface area contributed by atoms with E-state index in [0.29, 0.717) is 35.9 Å².